The van der Waals surface area contributed by atoms with Gasteiger partial charge in [0.15, 0.2) is 0 Å². The molecule has 0 aliphatic heterocycles. The Bertz CT molecular complexity index is 951. The van der Waals surface area contributed by atoms with Gasteiger partial charge < -0.3 is 16.8 Å². The monoisotopic (exact) mass is 349 g/mol. The molecule has 25 heavy (non-hydrogen) atoms. The topological polar surface area (TPSA) is 37.2 Å². The predicted molar refractivity (Wildman–Crippen MR) is 92.4 cm³/mol. The zero-order chi connectivity index (χ0) is 16.4. The third-order valence-corrected chi connectivity index (χ3v) is 3.92. The van der Waals surface area contributed by atoms with Gasteiger partial charge in [0.05, 0.1) is 15.9 Å². The van der Waals surface area contributed by atoms with E-state index in [1.54, 1.807) is 0 Å². The lowest BCUT2D eigenvalue weighted by Gasteiger charge is -1.97. The number of oxazole rings is 1. The van der Waals surface area contributed by atoms with E-state index in [0.29, 0.717) is 17.3 Å². The Morgan fingerprint density at radius 2 is 1.04 bits per heavy atom. The van der Waals surface area contributed by atoms with Crippen molar-refractivity contribution in [2.24, 2.45) is 0 Å². The quantitative estimate of drug-likeness (QED) is 0.452. The summed E-state index contributed by atoms with van der Waals surface area (Å²) >= 11 is 0. The third kappa shape index (κ3) is 3.14. The van der Waals surface area contributed by atoms with Crippen molar-refractivity contribution in [3.8, 4) is 34.0 Å². The minimum Gasteiger partial charge on any atom is -1.00 e. The molecule has 0 aliphatic rings. The second-order valence-electron chi connectivity index (χ2n) is 5.49. The third-order valence-electron chi connectivity index (χ3n) is 3.92. The highest BCUT2D eigenvalue weighted by atomic mass is 35.5. The van der Waals surface area contributed by atoms with Gasteiger partial charge in [-0.25, -0.2) is 0 Å². The van der Waals surface area contributed by atoms with E-state index >= 15 is 0 Å². The van der Waals surface area contributed by atoms with Crippen molar-refractivity contribution >= 4 is 0 Å². The van der Waals surface area contributed by atoms with Gasteiger partial charge in [0, 0.05) is 5.56 Å². The molecule has 0 amide bonds. The van der Waals surface area contributed by atoms with Crippen molar-refractivity contribution in [1.82, 2.24) is 0 Å². The highest BCUT2D eigenvalue weighted by Crippen LogP contribution is 2.33. The summed E-state index contributed by atoms with van der Waals surface area (Å²) in [6.45, 7) is 0. The van der Waals surface area contributed by atoms with E-state index in [1.165, 1.54) is 0 Å². The van der Waals surface area contributed by atoms with E-state index in [4.69, 9.17) is 4.42 Å². The summed E-state index contributed by atoms with van der Waals surface area (Å²) in [6.07, 6.45) is 0. The average Bonchev–Trinajstić information content (AvgIpc) is 3.01. The zero-order valence-corrected chi connectivity index (χ0v) is 14.1. The van der Waals surface area contributed by atoms with Gasteiger partial charge in [0.1, 0.15) is 0 Å². The van der Waals surface area contributed by atoms with Crippen molar-refractivity contribution in [2.75, 3.05) is 0 Å². The fraction of sp³-hybridized carbons (Fsp3) is 0. The summed E-state index contributed by atoms with van der Waals surface area (Å²) in [6, 6.07) is 29.2. The standard InChI is InChI=1S/C21H16NO2.ClH/c23-22-19(16-10-4-1-5-11-16)20(17-12-6-2-7-13-17)24-21(22)18-14-8-3-9-15-18;/h1-15,23H;1H/q+1;/p-1. The lowest BCUT2D eigenvalue weighted by molar-refractivity contribution is -0.889. The van der Waals surface area contributed by atoms with Crippen LogP contribution in [0.25, 0.3) is 34.0 Å². The summed E-state index contributed by atoms with van der Waals surface area (Å²) < 4.78 is 7.22. The minimum atomic E-state index is 0. The number of nitrogens with zero attached hydrogens (tertiary/aromatic N) is 1. The summed E-state index contributed by atoms with van der Waals surface area (Å²) in [7, 11) is 0. The zero-order valence-electron chi connectivity index (χ0n) is 13.3. The van der Waals surface area contributed by atoms with E-state index < -0.39 is 0 Å². The maximum atomic E-state index is 10.8. The molecule has 0 spiro atoms. The molecule has 0 fully saturated rings. The molecule has 4 aromatic rings. The molecule has 0 saturated heterocycles. The fourth-order valence-electron chi connectivity index (χ4n) is 2.78. The summed E-state index contributed by atoms with van der Waals surface area (Å²) in [5, 5.41) is 10.8. The van der Waals surface area contributed by atoms with Crippen LogP contribution in [0.4, 0.5) is 0 Å². The van der Waals surface area contributed by atoms with Crippen LogP contribution in [0, 0.1) is 0 Å². The maximum Gasteiger partial charge on any atom is 0.430 e. The molecule has 0 unspecified atom stereocenters. The minimum absolute atomic E-state index is 0. The van der Waals surface area contributed by atoms with Crippen molar-refractivity contribution in [3.05, 3.63) is 91.0 Å². The van der Waals surface area contributed by atoms with Gasteiger partial charge in [0.2, 0.25) is 5.76 Å². The van der Waals surface area contributed by atoms with Crippen molar-refractivity contribution < 1.29 is 26.8 Å². The van der Waals surface area contributed by atoms with Crippen LogP contribution < -0.4 is 17.1 Å². The molecule has 4 rings (SSSR count). The first kappa shape index (κ1) is 16.8. The number of hydrogen-bond donors (Lipinski definition) is 1. The Balaban J connectivity index is 0.00000182. The van der Waals surface area contributed by atoms with Crippen LogP contribution in [-0.2, 0) is 0 Å². The maximum absolute atomic E-state index is 10.8. The van der Waals surface area contributed by atoms with Crippen LogP contribution in [0.1, 0.15) is 0 Å². The Morgan fingerprint density at radius 3 is 1.56 bits per heavy atom. The first-order valence-corrected chi connectivity index (χ1v) is 7.79. The number of hydrogen-bond acceptors (Lipinski definition) is 2. The van der Waals surface area contributed by atoms with Gasteiger partial charge in [-0.3, -0.25) is 5.21 Å². The Morgan fingerprint density at radius 1 is 0.600 bits per heavy atom. The van der Waals surface area contributed by atoms with E-state index in [2.05, 4.69) is 0 Å². The molecule has 0 bridgehead atoms. The molecule has 0 atom stereocenters. The molecule has 1 N–H and O–H groups in total. The van der Waals surface area contributed by atoms with Crippen molar-refractivity contribution in [1.29, 1.82) is 0 Å². The van der Waals surface area contributed by atoms with Gasteiger partial charge in [-0.1, -0.05) is 66.7 Å². The normalized spacial score (nSPS) is 10.2. The van der Waals surface area contributed by atoms with Crippen LogP contribution in [0.5, 0.6) is 0 Å². The lowest BCUT2D eigenvalue weighted by Crippen LogP contribution is -3.00. The Hall–Kier alpha value is -3.04. The largest absolute Gasteiger partial charge is 1.00 e. The van der Waals surface area contributed by atoms with Gasteiger partial charge in [-0.05, 0) is 24.3 Å². The number of halogens is 1. The van der Waals surface area contributed by atoms with E-state index in [-0.39, 0.29) is 12.4 Å². The number of aromatic nitrogens is 1. The predicted octanol–water partition coefficient (Wildman–Crippen LogP) is 1.81. The van der Waals surface area contributed by atoms with Crippen LogP contribution in [0.3, 0.4) is 0 Å². The Labute approximate surface area is 152 Å². The summed E-state index contributed by atoms with van der Waals surface area (Å²) in [5.41, 5.74) is 3.27. The van der Waals surface area contributed by atoms with Gasteiger partial charge in [-0.15, -0.1) is 0 Å². The second-order valence-corrected chi connectivity index (χ2v) is 5.49. The van der Waals surface area contributed by atoms with Crippen LogP contribution in [0.2, 0.25) is 0 Å². The van der Waals surface area contributed by atoms with Crippen LogP contribution in [0.15, 0.2) is 95.4 Å². The molecule has 0 radical (unpaired) electrons. The van der Waals surface area contributed by atoms with Gasteiger partial charge >= 0.3 is 11.6 Å². The van der Waals surface area contributed by atoms with Crippen molar-refractivity contribution in [2.45, 2.75) is 0 Å². The molecular formula is C21H16ClNO2. The average molecular weight is 350 g/mol. The highest BCUT2D eigenvalue weighted by molar-refractivity contribution is 5.75. The lowest BCUT2D eigenvalue weighted by atomic mass is 10.1. The van der Waals surface area contributed by atoms with E-state index in [1.807, 2.05) is 91.0 Å². The molecule has 4 heteroatoms. The summed E-state index contributed by atoms with van der Waals surface area (Å²) in [5.74, 6) is 1.05. The molecular weight excluding hydrogens is 334 g/mol. The molecule has 124 valence electrons. The van der Waals surface area contributed by atoms with Crippen LogP contribution >= 0.6 is 0 Å². The first-order valence-electron chi connectivity index (χ1n) is 7.79. The highest BCUT2D eigenvalue weighted by Gasteiger charge is 2.32. The fourth-order valence-corrected chi connectivity index (χ4v) is 2.78. The molecule has 0 aliphatic carbocycles. The van der Waals surface area contributed by atoms with Gasteiger partial charge in [0.25, 0.3) is 0 Å². The summed E-state index contributed by atoms with van der Waals surface area (Å²) in [4.78, 5) is 0. The molecule has 1 aromatic heterocycles. The molecule has 3 nitrogen and oxygen atoms in total. The van der Waals surface area contributed by atoms with E-state index in [9.17, 15) is 5.21 Å². The molecule has 1 heterocycles. The first-order chi connectivity index (χ1) is 11.8. The Kier molecular flexibility index (Phi) is 4.87. The molecule has 0 saturated carbocycles. The number of benzene rings is 3. The van der Waals surface area contributed by atoms with Crippen LogP contribution in [-0.4, -0.2) is 5.21 Å². The second kappa shape index (κ2) is 7.24. The van der Waals surface area contributed by atoms with Gasteiger partial charge in [-0.2, -0.15) is 0 Å². The SMILES string of the molecule is O[n+]1c(-c2ccccc2)oc(-c2ccccc2)c1-c1ccccc1.[Cl-]. The smallest absolute Gasteiger partial charge is 0.430 e. The molecule has 3 aromatic carbocycles. The number of rotatable bonds is 3. The van der Waals surface area contributed by atoms with Crippen molar-refractivity contribution in [3.63, 3.8) is 0 Å². The van der Waals surface area contributed by atoms with E-state index in [0.717, 1.165) is 21.4 Å².